The van der Waals surface area contributed by atoms with E-state index in [1.807, 2.05) is 12.1 Å². The second kappa shape index (κ2) is 8.44. The van der Waals surface area contributed by atoms with Crippen LogP contribution in [0.4, 0.5) is 4.39 Å². The summed E-state index contributed by atoms with van der Waals surface area (Å²) in [7, 11) is 3.37. The summed E-state index contributed by atoms with van der Waals surface area (Å²) in [6, 6.07) is 17.3. The predicted octanol–water partition coefficient (Wildman–Crippen LogP) is 5.58. The average Bonchev–Trinajstić information content (AvgIpc) is 2.80. The van der Waals surface area contributed by atoms with E-state index in [4.69, 9.17) is 13.7 Å². The third-order valence-corrected chi connectivity index (χ3v) is 6.83. The van der Waals surface area contributed by atoms with Crippen LogP contribution >= 0.6 is 12.0 Å². The van der Waals surface area contributed by atoms with E-state index in [9.17, 15) is 4.39 Å². The topological polar surface area (TPSA) is 30.9 Å². The first-order valence-corrected chi connectivity index (χ1v) is 11.1. The summed E-state index contributed by atoms with van der Waals surface area (Å²) in [5.41, 5.74) is 5.30. The van der Waals surface area contributed by atoms with Crippen molar-refractivity contribution >= 4 is 12.0 Å². The quantitative estimate of drug-likeness (QED) is 0.486. The molecule has 160 valence electrons. The Morgan fingerprint density at radius 3 is 2.58 bits per heavy atom. The van der Waals surface area contributed by atoms with E-state index >= 15 is 0 Å². The van der Waals surface area contributed by atoms with Gasteiger partial charge in [0.2, 0.25) is 0 Å². The summed E-state index contributed by atoms with van der Waals surface area (Å²) < 4.78 is 30.3. The summed E-state index contributed by atoms with van der Waals surface area (Å²) >= 11 is 1.18. The number of halogens is 1. The van der Waals surface area contributed by atoms with Crippen LogP contribution in [0.25, 0.3) is 0 Å². The lowest BCUT2D eigenvalue weighted by Crippen LogP contribution is -2.39. The van der Waals surface area contributed by atoms with Crippen LogP contribution in [0.2, 0.25) is 0 Å². The molecule has 0 spiro atoms. The van der Waals surface area contributed by atoms with Crippen molar-refractivity contribution in [3.8, 4) is 17.2 Å². The summed E-state index contributed by atoms with van der Waals surface area (Å²) in [4.78, 5) is 3.27. The molecule has 1 atom stereocenters. The minimum Gasteiger partial charge on any atom is -0.493 e. The van der Waals surface area contributed by atoms with Gasteiger partial charge in [0.1, 0.15) is 11.6 Å². The van der Waals surface area contributed by atoms with Gasteiger partial charge in [-0.2, -0.15) is 0 Å². The third-order valence-electron chi connectivity index (χ3n) is 6.11. The zero-order valence-corrected chi connectivity index (χ0v) is 18.4. The van der Waals surface area contributed by atoms with Crippen LogP contribution in [0.5, 0.6) is 17.2 Å². The molecule has 6 heteroatoms. The van der Waals surface area contributed by atoms with Gasteiger partial charge >= 0.3 is 0 Å². The molecular formula is C25H24FNO3S. The zero-order chi connectivity index (χ0) is 21.4. The monoisotopic (exact) mass is 437 g/mol. The first kappa shape index (κ1) is 20.2. The van der Waals surface area contributed by atoms with Gasteiger partial charge in [-0.15, -0.1) is 0 Å². The van der Waals surface area contributed by atoms with Gasteiger partial charge in [-0.3, -0.25) is 4.90 Å². The molecule has 4 nitrogen and oxygen atoms in total. The molecule has 2 heterocycles. The average molecular weight is 438 g/mol. The highest BCUT2D eigenvalue weighted by Gasteiger charge is 2.33. The normalized spacial score (nSPS) is 17.3. The highest BCUT2D eigenvalue weighted by atomic mass is 32.2. The molecule has 2 aliphatic heterocycles. The molecule has 3 aromatic rings. The molecule has 0 amide bonds. The Balaban J connectivity index is 1.37. The molecule has 0 bridgehead atoms. The standard InChI is InChI=1S/C25H24FNO3S/c1-28-24-12-17-8-9-27-15-18-10-20(30-31-21-5-3-4-19(26)13-21)7-6-16(18)11-23(27)22(17)14-25(24)29-2/h3-7,10,12-14,23H,8-9,11,15H2,1-2H3. The van der Waals surface area contributed by atoms with E-state index in [2.05, 4.69) is 29.2 Å². The summed E-state index contributed by atoms with van der Waals surface area (Å²) in [6.07, 6.45) is 1.95. The van der Waals surface area contributed by atoms with Crippen molar-refractivity contribution in [1.82, 2.24) is 4.90 Å². The summed E-state index contributed by atoms with van der Waals surface area (Å²) in [5, 5.41) is 0. The van der Waals surface area contributed by atoms with E-state index in [0.29, 0.717) is 6.04 Å². The van der Waals surface area contributed by atoms with Crippen molar-refractivity contribution in [2.45, 2.75) is 30.3 Å². The number of hydrogen-bond acceptors (Lipinski definition) is 5. The molecule has 0 saturated heterocycles. The molecule has 0 aromatic heterocycles. The number of rotatable bonds is 5. The van der Waals surface area contributed by atoms with Crippen LogP contribution in [-0.4, -0.2) is 25.7 Å². The van der Waals surface area contributed by atoms with E-state index in [-0.39, 0.29) is 5.82 Å². The summed E-state index contributed by atoms with van der Waals surface area (Å²) in [6.45, 7) is 1.89. The van der Waals surface area contributed by atoms with Crippen molar-refractivity contribution < 1.29 is 18.0 Å². The molecule has 5 rings (SSSR count). The van der Waals surface area contributed by atoms with Crippen LogP contribution in [0.1, 0.15) is 28.3 Å². The van der Waals surface area contributed by atoms with E-state index < -0.39 is 0 Å². The van der Waals surface area contributed by atoms with Gasteiger partial charge in [0.05, 0.1) is 31.2 Å². The predicted molar refractivity (Wildman–Crippen MR) is 119 cm³/mol. The smallest absolute Gasteiger partial charge is 0.161 e. The lowest BCUT2D eigenvalue weighted by Gasteiger charge is -2.41. The lowest BCUT2D eigenvalue weighted by molar-refractivity contribution is 0.160. The number of benzene rings is 3. The molecule has 3 aromatic carbocycles. The van der Waals surface area contributed by atoms with E-state index in [1.165, 1.54) is 46.4 Å². The second-order valence-electron chi connectivity index (χ2n) is 7.90. The Morgan fingerprint density at radius 1 is 0.935 bits per heavy atom. The SMILES string of the molecule is COc1cc2c(cc1OC)C1Cc3ccc(OSc4cccc(F)c4)cc3CN1CC2. The van der Waals surface area contributed by atoms with Crippen molar-refractivity contribution in [1.29, 1.82) is 0 Å². The Morgan fingerprint density at radius 2 is 1.77 bits per heavy atom. The molecular weight excluding hydrogens is 413 g/mol. The van der Waals surface area contributed by atoms with E-state index in [1.54, 1.807) is 20.3 Å². The molecule has 0 radical (unpaired) electrons. The Kier molecular flexibility index (Phi) is 5.50. The van der Waals surface area contributed by atoms with Crippen molar-refractivity contribution in [2.75, 3.05) is 20.8 Å². The number of nitrogens with zero attached hydrogens (tertiary/aromatic N) is 1. The summed E-state index contributed by atoms with van der Waals surface area (Å²) in [5.74, 6) is 2.11. The molecule has 0 saturated carbocycles. The fourth-order valence-electron chi connectivity index (χ4n) is 4.55. The minimum atomic E-state index is -0.260. The molecule has 31 heavy (non-hydrogen) atoms. The lowest BCUT2D eigenvalue weighted by atomic mass is 9.84. The van der Waals surface area contributed by atoms with Gasteiger partial charge in [0.25, 0.3) is 0 Å². The maximum Gasteiger partial charge on any atom is 0.161 e. The maximum absolute atomic E-state index is 13.4. The molecule has 0 aliphatic carbocycles. The zero-order valence-electron chi connectivity index (χ0n) is 17.6. The van der Waals surface area contributed by atoms with Gasteiger partial charge in [-0.25, -0.2) is 4.39 Å². The fraction of sp³-hybridized carbons (Fsp3) is 0.280. The first-order valence-electron chi connectivity index (χ1n) is 10.4. The first-order chi connectivity index (χ1) is 15.1. The molecule has 0 N–H and O–H groups in total. The van der Waals surface area contributed by atoms with Crippen molar-refractivity contribution in [2.24, 2.45) is 0 Å². The fourth-order valence-corrected chi connectivity index (χ4v) is 5.14. The number of hydrogen-bond donors (Lipinski definition) is 0. The Labute approximate surface area is 186 Å². The van der Waals surface area contributed by atoms with Crippen LogP contribution < -0.4 is 13.7 Å². The van der Waals surface area contributed by atoms with Gasteiger partial charge < -0.3 is 13.7 Å². The minimum absolute atomic E-state index is 0.260. The van der Waals surface area contributed by atoms with Gasteiger partial charge in [-0.05, 0) is 77.6 Å². The highest BCUT2D eigenvalue weighted by Crippen LogP contribution is 2.43. The van der Waals surface area contributed by atoms with Crippen LogP contribution in [0.15, 0.2) is 59.5 Å². The van der Waals surface area contributed by atoms with Crippen molar-refractivity contribution in [3.63, 3.8) is 0 Å². The Hall–Kier alpha value is -2.70. The van der Waals surface area contributed by atoms with Gasteiger partial charge in [-0.1, -0.05) is 12.1 Å². The Bertz CT molecular complexity index is 1120. The van der Waals surface area contributed by atoms with Crippen LogP contribution in [0, 0.1) is 5.82 Å². The van der Waals surface area contributed by atoms with Crippen LogP contribution in [-0.2, 0) is 19.4 Å². The van der Waals surface area contributed by atoms with Gasteiger partial charge in [0, 0.05) is 19.1 Å². The van der Waals surface area contributed by atoms with Crippen LogP contribution in [0.3, 0.4) is 0 Å². The highest BCUT2D eigenvalue weighted by molar-refractivity contribution is 7.95. The molecule has 1 unspecified atom stereocenters. The van der Waals surface area contributed by atoms with Gasteiger partial charge in [0.15, 0.2) is 11.5 Å². The maximum atomic E-state index is 13.4. The molecule has 2 aliphatic rings. The largest absolute Gasteiger partial charge is 0.493 e. The number of fused-ring (bicyclic) bond motifs is 4. The van der Waals surface area contributed by atoms with Crippen molar-refractivity contribution in [3.05, 3.63) is 82.7 Å². The number of methoxy groups -OCH3 is 2. The third kappa shape index (κ3) is 3.98. The second-order valence-corrected chi connectivity index (χ2v) is 8.71. The van der Waals surface area contributed by atoms with E-state index in [0.717, 1.165) is 48.1 Å². The molecule has 0 fully saturated rings. The number of ether oxygens (including phenoxy) is 2.